The van der Waals surface area contributed by atoms with E-state index in [4.69, 9.17) is 5.73 Å². The Balaban J connectivity index is 1.99. The molecule has 2 aromatic rings. The van der Waals surface area contributed by atoms with Crippen LogP contribution in [0, 0.1) is 5.82 Å². The molecule has 1 aliphatic heterocycles. The van der Waals surface area contributed by atoms with Gasteiger partial charge in [-0.2, -0.15) is 5.10 Å². The number of halogens is 1. The van der Waals surface area contributed by atoms with E-state index in [1.807, 2.05) is 16.9 Å². The maximum absolute atomic E-state index is 13.5. The number of rotatable bonds is 3. The lowest BCUT2D eigenvalue weighted by Gasteiger charge is -2.32. The SMILES string of the molecule is CC(C)c1c(N2CCC(N)CC2)cnn1-c1cccc(F)c1. The summed E-state index contributed by atoms with van der Waals surface area (Å²) in [7, 11) is 0. The van der Waals surface area contributed by atoms with Crippen LogP contribution in [-0.4, -0.2) is 28.9 Å². The van der Waals surface area contributed by atoms with Crippen LogP contribution in [0.25, 0.3) is 5.69 Å². The zero-order chi connectivity index (χ0) is 15.7. The van der Waals surface area contributed by atoms with Crippen molar-refractivity contribution in [2.24, 2.45) is 5.73 Å². The summed E-state index contributed by atoms with van der Waals surface area (Å²) in [5, 5.41) is 4.52. The molecule has 4 nitrogen and oxygen atoms in total. The highest BCUT2D eigenvalue weighted by Gasteiger charge is 2.23. The van der Waals surface area contributed by atoms with Crippen LogP contribution in [0.2, 0.25) is 0 Å². The number of aromatic nitrogens is 2. The third kappa shape index (κ3) is 2.86. The second-order valence-electron chi connectivity index (χ2n) is 6.29. The molecular formula is C17H23FN4. The lowest BCUT2D eigenvalue weighted by Crippen LogP contribution is -2.40. The van der Waals surface area contributed by atoms with Gasteiger partial charge < -0.3 is 10.6 Å². The lowest BCUT2D eigenvalue weighted by atomic mass is 10.0. The number of benzene rings is 1. The van der Waals surface area contributed by atoms with E-state index in [9.17, 15) is 4.39 Å². The Labute approximate surface area is 130 Å². The number of anilines is 1. The third-order valence-electron chi connectivity index (χ3n) is 4.27. The van der Waals surface area contributed by atoms with E-state index in [2.05, 4.69) is 23.8 Å². The van der Waals surface area contributed by atoms with E-state index >= 15 is 0 Å². The van der Waals surface area contributed by atoms with E-state index in [0.29, 0.717) is 12.0 Å². The number of hydrogen-bond donors (Lipinski definition) is 1. The first-order chi connectivity index (χ1) is 10.6. The van der Waals surface area contributed by atoms with Gasteiger partial charge in [-0.3, -0.25) is 0 Å². The molecule has 0 spiro atoms. The van der Waals surface area contributed by atoms with Crippen molar-refractivity contribution in [1.82, 2.24) is 9.78 Å². The van der Waals surface area contributed by atoms with Crippen LogP contribution in [0.5, 0.6) is 0 Å². The predicted molar refractivity (Wildman–Crippen MR) is 87.0 cm³/mol. The second-order valence-corrected chi connectivity index (χ2v) is 6.29. The molecule has 0 atom stereocenters. The van der Waals surface area contributed by atoms with Crippen LogP contribution in [-0.2, 0) is 0 Å². The van der Waals surface area contributed by atoms with Gasteiger partial charge in [-0.25, -0.2) is 9.07 Å². The fourth-order valence-corrected chi connectivity index (χ4v) is 3.09. The predicted octanol–water partition coefficient (Wildman–Crippen LogP) is 3.06. The molecule has 5 heteroatoms. The minimum Gasteiger partial charge on any atom is -0.369 e. The Kier molecular flexibility index (Phi) is 4.16. The van der Waals surface area contributed by atoms with E-state index in [1.165, 1.54) is 12.1 Å². The molecule has 1 aromatic carbocycles. The Morgan fingerprint density at radius 2 is 2.00 bits per heavy atom. The molecule has 2 N–H and O–H groups in total. The molecule has 0 saturated carbocycles. The van der Waals surface area contributed by atoms with Crippen molar-refractivity contribution in [2.75, 3.05) is 18.0 Å². The fraction of sp³-hybridized carbons (Fsp3) is 0.471. The third-order valence-corrected chi connectivity index (χ3v) is 4.27. The molecule has 1 aliphatic rings. The van der Waals surface area contributed by atoms with Crippen molar-refractivity contribution >= 4 is 5.69 Å². The van der Waals surface area contributed by atoms with Crippen molar-refractivity contribution < 1.29 is 4.39 Å². The Morgan fingerprint density at radius 1 is 1.27 bits per heavy atom. The molecule has 0 aliphatic carbocycles. The Morgan fingerprint density at radius 3 is 2.64 bits per heavy atom. The summed E-state index contributed by atoms with van der Waals surface area (Å²) < 4.78 is 15.4. The molecular weight excluding hydrogens is 279 g/mol. The van der Waals surface area contributed by atoms with Gasteiger partial charge in [-0.15, -0.1) is 0 Å². The zero-order valence-corrected chi connectivity index (χ0v) is 13.2. The van der Waals surface area contributed by atoms with Crippen molar-refractivity contribution in [3.8, 4) is 5.69 Å². The van der Waals surface area contributed by atoms with Crippen LogP contribution < -0.4 is 10.6 Å². The second kappa shape index (κ2) is 6.08. The topological polar surface area (TPSA) is 47.1 Å². The van der Waals surface area contributed by atoms with Crippen molar-refractivity contribution in [3.63, 3.8) is 0 Å². The summed E-state index contributed by atoms with van der Waals surface area (Å²) in [6.07, 6.45) is 3.91. The first-order valence-corrected chi connectivity index (χ1v) is 7.90. The number of piperidine rings is 1. The van der Waals surface area contributed by atoms with Gasteiger partial charge in [-0.1, -0.05) is 19.9 Å². The summed E-state index contributed by atoms with van der Waals surface area (Å²) in [5.41, 5.74) is 9.03. The summed E-state index contributed by atoms with van der Waals surface area (Å²) in [4.78, 5) is 2.35. The Bertz CT molecular complexity index is 642. The smallest absolute Gasteiger partial charge is 0.125 e. The van der Waals surface area contributed by atoms with Crippen LogP contribution in [0.1, 0.15) is 38.3 Å². The highest BCUT2D eigenvalue weighted by molar-refractivity contribution is 5.54. The fourth-order valence-electron chi connectivity index (χ4n) is 3.09. The molecule has 0 unspecified atom stereocenters. The monoisotopic (exact) mass is 302 g/mol. The quantitative estimate of drug-likeness (QED) is 0.948. The lowest BCUT2D eigenvalue weighted by molar-refractivity contribution is 0.499. The minimum absolute atomic E-state index is 0.242. The maximum atomic E-state index is 13.5. The normalized spacial score (nSPS) is 16.5. The van der Waals surface area contributed by atoms with Crippen LogP contribution in [0.15, 0.2) is 30.5 Å². The first kappa shape index (κ1) is 15.0. The first-order valence-electron chi connectivity index (χ1n) is 7.90. The summed E-state index contributed by atoms with van der Waals surface area (Å²) in [6, 6.07) is 6.88. The van der Waals surface area contributed by atoms with E-state index in [1.54, 1.807) is 6.07 Å². The average Bonchev–Trinajstić information content (AvgIpc) is 2.93. The molecule has 118 valence electrons. The van der Waals surface area contributed by atoms with Gasteiger partial charge in [0.15, 0.2) is 0 Å². The molecule has 22 heavy (non-hydrogen) atoms. The van der Waals surface area contributed by atoms with Crippen molar-refractivity contribution in [2.45, 2.75) is 38.6 Å². The molecule has 3 rings (SSSR count). The number of hydrogen-bond acceptors (Lipinski definition) is 3. The van der Waals surface area contributed by atoms with Gasteiger partial charge in [0, 0.05) is 19.1 Å². The molecule has 1 saturated heterocycles. The van der Waals surface area contributed by atoms with Crippen molar-refractivity contribution in [3.05, 3.63) is 42.0 Å². The maximum Gasteiger partial charge on any atom is 0.125 e. The number of nitrogens with zero attached hydrogens (tertiary/aromatic N) is 3. The standard InChI is InChI=1S/C17H23FN4/c1-12(2)17-16(21-8-6-14(19)7-9-21)11-20-22(17)15-5-3-4-13(18)10-15/h3-5,10-12,14H,6-9,19H2,1-2H3. The molecule has 0 amide bonds. The molecule has 0 radical (unpaired) electrons. The van der Waals surface area contributed by atoms with Gasteiger partial charge in [0.2, 0.25) is 0 Å². The summed E-state index contributed by atoms with van der Waals surface area (Å²) in [5.74, 6) is 0.0598. The van der Waals surface area contributed by atoms with Crippen LogP contribution in [0.4, 0.5) is 10.1 Å². The van der Waals surface area contributed by atoms with Gasteiger partial charge in [-0.05, 0) is 37.0 Å². The van der Waals surface area contributed by atoms with Gasteiger partial charge in [0.05, 0.1) is 23.3 Å². The van der Waals surface area contributed by atoms with E-state index in [0.717, 1.165) is 43.0 Å². The van der Waals surface area contributed by atoms with Gasteiger partial charge in [0.25, 0.3) is 0 Å². The highest BCUT2D eigenvalue weighted by Crippen LogP contribution is 2.31. The van der Waals surface area contributed by atoms with E-state index in [-0.39, 0.29) is 5.82 Å². The molecule has 0 bridgehead atoms. The average molecular weight is 302 g/mol. The molecule has 2 heterocycles. The molecule has 1 aromatic heterocycles. The Hall–Kier alpha value is -1.88. The molecule has 1 fully saturated rings. The van der Waals surface area contributed by atoms with Crippen LogP contribution >= 0.6 is 0 Å². The van der Waals surface area contributed by atoms with Gasteiger partial charge in [0.1, 0.15) is 5.82 Å². The number of nitrogens with two attached hydrogens (primary N) is 1. The van der Waals surface area contributed by atoms with Gasteiger partial charge >= 0.3 is 0 Å². The largest absolute Gasteiger partial charge is 0.369 e. The highest BCUT2D eigenvalue weighted by atomic mass is 19.1. The summed E-state index contributed by atoms with van der Waals surface area (Å²) >= 11 is 0. The van der Waals surface area contributed by atoms with Crippen LogP contribution in [0.3, 0.4) is 0 Å². The zero-order valence-electron chi connectivity index (χ0n) is 13.2. The summed E-state index contributed by atoms with van der Waals surface area (Å²) in [6.45, 7) is 6.20. The van der Waals surface area contributed by atoms with Crippen molar-refractivity contribution in [1.29, 1.82) is 0 Å². The minimum atomic E-state index is -0.242. The van der Waals surface area contributed by atoms with E-state index < -0.39 is 0 Å².